The Balaban J connectivity index is 1.32. The Morgan fingerprint density at radius 2 is 1.75 bits per heavy atom. The molecule has 144 valence electrons. The van der Waals surface area contributed by atoms with Gasteiger partial charge in [-0.25, -0.2) is 4.98 Å². The number of para-hydroxylation sites is 1. The summed E-state index contributed by atoms with van der Waals surface area (Å²) in [5.41, 5.74) is 5.81. The third kappa shape index (κ3) is 5.80. The lowest BCUT2D eigenvalue weighted by molar-refractivity contribution is -0.148. The van der Waals surface area contributed by atoms with Crippen molar-refractivity contribution in [3.63, 3.8) is 0 Å². The number of aromatic nitrogens is 1. The van der Waals surface area contributed by atoms with Gasteiger partial charge in [-0.3, -0.25) is 25.2 Å². The molecule has 2 amide bonds. The number of ether oxygens (including phenoxy) is 1. The number of fused-ring (bicyclic) bond motifs is 1. The van der Waals surface area contributed by atoms with Gasteiger partial charge in [0, 0.05) is 11.3 Å². The second kappa shape index (κ2) is 9.86. The van der Waals surface area contributed by atoms with Crippen LogP contribution in [0.2, 0.25) is 0 Å². The van der Waals surface area contributed by atoms with E-state index in [-0.39, 0.29) is 6.42 Å². The van der Waals surface area contributed by atoms with E-state index in [0.29, 0.717) is 11.3 Å². The number of amides is 2. The van der Waals surface area contributed by atoms with Crippen molar-refractivity contribution in [1.82, 2.24) is 15.8 Å². The zero-order valence-corrected chi connectivity index (χ0v) is 16.3. The molecular weight excluding hydrogens is 398 g/mol. The van der Waals surface area contributed by atoms with Gasteiger partial charge in [-0.05, 0) is 24.3 Å². The average molecular weight is 415 g/mol. The summed E-state index contributed by atoms with van der Waals surface area (Å²) in [7, 11) is 0. The van der Waals surface area contributed by atoms with Gasteiger partial charge in [-0.1, -0.05) is 42.1 Å². The Morgan fingerprint density at radius 1 is 1.00 bits per heavy atom. The molecule has 7 nitrogen and oxygen atoms in total. The number of esters is 1. The van der Waals surface area contributed by atoms with E-state index in [1.165, 1.54) is 11.8 Å². The van der Waals surface area contributed by atoms with E-state index in [1.54, 1.807) is 41.7 Å². The van der Waals surface area contributed by atoms with E-state index >= 15 is 0 Å². The van der Waals surface area contributed by atoms with Crippen LogP contribution in [0.15, 0.2) is 58.9 Å². The Hall–Kier alpha value is -2.91. The van der Waals surface area contributed by atoms with Crippen LogP contribution in [0.5, 0.6) is 0 Å². The van der Waals surface area contributed by atoms with Crippen LogP contribution < -0.4 is 10.9 Å². The highest BCUT2D eigenvalue weighted by Crippen LogP contribution is 2.29. The van der Waals surface area contributed by atoms with Crippen molar-refractivity contribution in [1.29, 1.82) is 0 Å². The van der Waals surface area contributed by atoms with Gasteiger partial charge in [0.1, 0.15) is 0 Å². The predicted octanol–water partition coefficient (Wildman–Crippen LogP) is 2.78. The molecule has 0 aliphatic carbocycles. The van der Waals surface area contributed by atoms with Crippen molar-refractivity contribution in [3.8, 4) is 0 Å². The summed E-state index contributed by atoms with van der Waals surface area (Å²) >= 11 is 3.04. The fourth-order valence-corrected chi connectivity index (χ4v) is 4.24. The van der Waals surface area contributed by atoms with Crippen LogP contribution in [-0.2, 0) is 14.3 Å². The summed E-state index contributed by atoms with van der Waals surface area (Å²) < 4.78 is 6.89. The monoisotopic (exact) mass is 415 g/mol. The molecule has 2 N–H and O–H groups in total. The number of nitrogens with zero attached hydrogens (tertiary/aromatic N) is 1. The second-order valence-corrected chi connectivity index (χ2v) is 7.95. The summed E-state index contributed by atoms with van der Waals surface area (Å²) in [6.07, 6.45) is 0.157. The van der Waals surface area contributed by atoms with Crippen LogP contribution >= 0.6 is 23.1 Å². The van der Waals surface area contributed by atoms with Crippen molar-refractivity contribution in [2.24, 2.45) is 0 Å². The molecule has 9 heteroatoms. The number of hydrazine groups is 1. The van der Waals surface area contributed by atoms with Gasteiger partial charge in [-0.15, -0.1) is 11.3 Å². The van der Waals surface area contributed by atoms with Crippen molar-refractivity contribution >= 4 is 51.1 Å². The van der Waals surface area contributed by atoms with Gasteiger partial charge in [-0.2, -0.15) is 0 Å². The average Bonchev–Trinajstić information content (AvgIpc) is 3.14. The van der Waals surface area contributed by atoms with E-state index < -0.39 is 24.4 Å². The van der Waals surface area contributed by atoms with E-state index in [0.717, 1.165) is 14.6 Å². The maximum Gasteiger partial charge on any atom is 0.307 e. The Kier molecular flexibility index (Phi) is 6.99. The first kappa shape index (κ1) is 19.8. The highest BCUT2D eigenvalue weighted by molar-refractivity contribution is 8.01. The molecule has 28 heavy (non-hydrogen) atoms. The van der Waals surface area contributed by atoms with Gasteiger partial charge >= 0.3 is 5.97 Å². The molecule has 0 spiro atoms. The number of thiazole rings is 1. The largest absolute Gasteiger partial charge is 0.455 e. The summed E-state index contributed by atoms with van der Waals surface area (Å²) in [5, 5.41) is 0. The van der Waals surface area contributed by atoms with Crippen LogP contribution in [0.4, 0.5) is 0 Å². The van der Waals surface area contributed by atoms with Gasteiger partial charge in [0.05, 0.1) is 16.6 Å². The fourth-order valence-electron chi connectivity index (χ4n) is 2.18. The van der Waals surface area contributed by atoms with Crippen LogP contribution in [0.1, 0.15) is 16.8 Å². The SMILES string of the molecule is O=C(COC(=O)CCSc1nc2ccccc2s1)NNC(=O)c1ccccc1. The summed E-state index contributed by atoms with van der Waals surface area (Å²) in [6, 6.07) is 16.3. The number of benzene rings is 2. The van der Waals surface area contributed by atoms with Crippen molar-refractivity contribution < 1.29 is 19.1 Å². The minimum atomic E-state index is -0.614. The minimum absolute atomic E-state index is 0.157. The summed E-state index contributed by atoms with van der Waals surface area (Å²) in [5.74, 6) is -1.05. The number of hydrogen-bond acceptors (Lipinski definition) is 7. The normalized spacial score (nSPS) is 10.4. The first-order valence-electron chi connectivity index (χ1n) is 8.40. The van der Waals surface area contributed by atoms with Crippen LogP contribution in [0.3, 0.4) is 0 Å². The molecule has 0 aliphatic rings. The Bertz CT molecular complexity index is 942. The first-order valence-corrected chi connectivity index (χ1v) is 10.2. The van der Waals surface area contributed by atoms with Crippen LogP contribution in [0, 0.1) is 0 Å². The number of rotatable bonds is 7. The molecular formula is C19H17N3O4S2. The molecule has 2 aromatic carbocycles. The van der Waals surface area contributed by atoms with Crippen LogP contribution in [-0.4, -0.2) is 35.1 Å². The predicted molar refractivity (Wildman–Crippen MR) is 108 cm³/mol. The first-order chi connectivity index (χ1) is 13.6. The molecule has 0 bridgehead atoms. The standard InChI is InChI=1S/C19H17N3O4S2/c23-16(21-22-18(25)13-6-2-1-3-7-13)12-26-17(24)10-11-27-19-20-14-8-4-5-9-15(14)28-19/h1-9H,10-12H2,(H,21,23)(H,22,25). The lowest BCUT2D eigenvalue weighted by Crippen LogP contribution is -2.43. The van der Waals surface area contributed by atoms with Crippen molar-refractivity contribution in [2.75, 3.05) is 12.4 Å². The third-order valence-electron chi connectivity index (χ3n) is 3.52. The number of thioether (sulfide) groups is 1. The zero-order valence-electron chi connectivity index (χ0n) is 14.7. The minimum Gasteiger partial charge on any atom is -0.455 e. The quantitative estimate of drug-likeness (QED) is 0.350. The van der Waals surface area contributed by atoms with Gasteiger partial charge < -0.3 is 4.74 Å². The van der Waals surface area contributed by atoms with E-state index in [4.69, 9.17) is 4.74 Å². The number of carbonyl (C=O) groups excluding carboxylic acids is 3. The molecule has 1 aromatic heterocycles. The summed E-state index contributed by atoms with van der Waals surface area (Å²) in [4.78, 5) is 39.7. The third-order valence-corrected chi connectivity index (χ3v) is 5.70. The van der Waals surface area contributed by atoms with Gasteiger partial charge in [0.15, 0.2) is 10.9 Å². The molecule has 0 unspecified atom stereocenters. The molecule has 0 radical (unpaired) electrons. The molecule has 0 aliphatic heterocycles. The van der Waals surface area contributed by atoms with E-state index in [2.05, 4.69) is 15.8 Å². The number of hydrogen-bond donors (Lipinski definition) is 2. The van der Waals surface area contributed by atoms with Gasteiger partial charge in [0.2, 0.25) is 0 Å². The van der Waals surface area contributed by atoms with Crippen molar-refractivity contribution in [2.45, 2.75) is 10.8 Å². The van der Waals surface area contributed by atoms with Gasteiger partial charge in [0.25, 0.3) is 11.8 Å². The lowest BCUT2D eigenvalue weighted by Gasteiger charge is -2.08. The molecule has 0 saturated carbocycles. The second-order valence-electron chi connectivity index (χ2n) is 5.57. The Morgan fingerprint density at radius 3 is 2.54 bits per heavy atom. The number of carbonyl (C=O) groups is 3. The van der Waals surface area contributed by atoms with E-state index in [9.17, 15) is 14.4 Å². The zero-order chi connectivity index (χ0) is 19.8. The van der Waals surface area contributed by atoms with Crippen LogP contribution in [0.25, 0.3) is 10.2 Å². The molecule has 3 aromatic rings. The maximum atomic E-state index is 11.8. The smallest absolute Gasteiger partial charge is 0.307 e. The maximum absolute atomic E-state index is 11.8. The summed E-state index contributed by atoms with van der Waals surface area (Å²) in [6.45, 7) is -0.459. The molecule has 0 atom stereocenters. The molecule has 3 rings (SSSR count). The van der Waals surface area contributed by atoms with Crippen molar-refractivity contribution in [3.05, 3.63) is 60.2 Å². The Labute approximate surface area is 169 Å². The number of nitrogens with one attached hydrogen (secondary N) is 2. The molecule has 1 heterocycles. The molecule has 0 saturated heterocycles. The highest BCUT2D eigenvalue weighted by Gasteiger charge is 2.11. The molecule has 0 fully saturated rings. The van der Waals surface area contributed by atoms with E-state index in [1.807, 2.05) is 24.3 Å². The lowest BCUT2D eigenvalue weighted by atomic mass is 10.2. The topological polar surface area (TPSA) is 97.4 Å². The highest BCUT2D eigenvalue weighted by atomic mass is 32.2. The fraction of sp³-hybridized carbons (Fsp3) is 0.158.